The average Bonchev–Trinajstić information content (AvgIpc) is 2.17. The molecule has 0 aliphatic heterocycles. The second-order valence-electron chi connectivity index (χ2n) is 4.37. The molecule has 86 valence electrons. The minimum Gasteiger partial charge on any atom is -0.443 e. The van der Waals surface area contributed by atoms with Gasteiger partial charge in [0.1, 0.15) is 5.60 Å². The van der Waals surface area contributed by atoms with Gasteiger partial charge in [0.25, 0.3) is 0 Å². The van der Waals surface area contributed by atoms with Gasteiger partial charge in [-0.2, -0.15) is 0 Å². The number of hydrogen-bond donors (Lipinski definition) is 0. The van der Waals surface area contributed by atoms with E-state index >= 15 is 0 Å². The fourth-order valence-electron chi connectivity index (χ4n) is 1.19. The molecule has 1 aromatic carbocycles. The normalized spacial score (nSPS) is 10.7. The maximum Gasteiger partial charge on any atom is 0.418 e. The maximum absolute atomic E-state index is 11.8. The highest BCUT2D eigenvalue weighted by Crippen LogP contribution is 2.17. The minimum atomic E-state index is -0.507. The fourth-order valence-corrected chi connectivity index (χ4v) is 1.19. The van der Waals surface area contributed by atoms with Crippen LogP contribution < -0.4 is 4.90 Å². The van der Waals surface area contributed by atoms with Crippen LogP contribution in [0.2, 0.25) is 0 Å². The molecule has 3 nitrogen and oxygen atoms in total. The third-order valence-corrected chi connectivity index (χ3v) is 1.81. The molecule has 0 spiro atoms. The predicted molar refractivity (Wildman–Crippen MR) is 65.4 cm³/mol. The molecule has 0 atom stereocenters. The molecule has 0 saturated heterocycles. The summed E-state index contributed by atoms with van der Waals surface area (Å²) in [6.07, 6.45) is 1.03. The summed E-state index contributed by atoms with van der Waals surface area (Å²) >= 11 is 0. The number of benzene rings is 1. The van der Waals surface area contributed by atoms with Gasteiger partial charge in [-0.05, 0) is 32.9 Å². The first-order valence-electron chi connectivity index (χ1n) is 5.14. The topological polar surface area (TPSA) is 29.5 Å². The molecule has 0 unspecified atom stereocenters. The second-order valence-corrected chi connectivity index (χ2v) is 4.37. The number of hydrogen-bond acceptors (Lipinski definition) is 2. The van der Waals surface area contributed by atoms with Gasteiger partial charge in [-0.15, -0.1) is 0 Å². The first kappa shape index (κ1) is 12.3. The van der Waals surface area contributed by atoms with Crippen molar-refractivity contribution in [1.82, 2.24) is 0 Å². The summed E-state index contributed by atoms with van der Waals surface area (Å²) in [5.74, 6) is 0. The number of carbonyl (C=O) groups is 1. The van der Waals surface area contributed by atoms with E-state index in [1.54, 1.807) is 0 Å². The van der Waals surface area contributed by atoms with E-state index in [0.29, 0.717) is 0 Å². The Balaban J connectivity index is 2.84. The highest BCUT2D eigenvalue weighted by Gasteiger charge is 2.21. The summed E-state index contributed by atoms with van der Waals surface area (Å²) in [6, 6.07) is 9.25. The van der Waals surface area contributed by atoms with Crippen molar-refractivity contribution in [2.75, 3.05) is 4.90 Å². The van der Waals surface area contributed by atoms with Crippen LogP contribution in [0.3, 0.4) is 0 Å². The number of anilines is 1. The van der Waals surface area contributed by atoms with E-state index in [-0.39, 0.29) is 0 Å². The Bertz CT molecular complexity index is 365. The third-order valence-electron chi connectivity index (χ3n) is 1.81. The van der Waals surface area contributed by atoms with E-state index < -0.39 is 11.7 Å². The van der Waals surface area contributed by atoms with E-state index in [9.17, 15) is 4.79 Å². The fraction of sp³-hybridized carbons (Fsp3) is 0.308. The summed E-state index contributed by atoms with van der Waals surface area (Å²) in [4.78, 5) is 13.2. The molecule has 0 heterocycles. The quantitative estimate of drug-likeness (QED) is 0.761. The molecular weight excluding hydrogens is 202 g/mol. The van der Waals surface area contributed by atoms with E-state index in [1.807, 2.05) is 51.1 Å². The van der Waals surface area contributed by atoms with E-state index in [2.05, 4.69) is 6.58 Å². The van der Waals surface area contributed by atoms with Crippen LogP contribution >= 0.6 is 0 Å². The molecule has 0 N–H and O–H groups in total. The van der Waals surface area contributed by atoms with E-state index in [4.69, 9.17) is 4.74 Å². The molecule has 3 heteroatoms. The first-order chi connectivity index (χ1) is 7.44. The van der Waals surface area contributed by atoms with Crippen molar-refractivity contribution >= 4 is 11.8 Å². The molecule has 0 aliphatic rings. The lowest BCUT2D eigenvalue weighted by Crippen LogP contribution is -2.33. The van der Waals surface area contributed by atoms with Crippen LogP contribution in [0.1, 0.15) is 20.8 Å². The predicted octanol–water partition coefficient (Wildman–Crippen LogP) is 3.57. The summed E-state index contributed by atoms with van der Waals surface area (Å²) in [6.45, 7) is 9.11. The zero-order valence-electron chi connectivity index (χ0n) is 9.93. The average molecular weight is 219 g/mol. The molecular formula is C13H17NO2. The Hall–Kier alpha value is -1.77. The number of nitrogens with zero attached hydrogens (tertiary/aromatic N) is 1. The van der Waals surface area contributed by atoms with Gasteiger partial charge in [-0.3, -0.25) is 4.90 Å². The largest absolute Gasteiger partial charge is 0.443 e. The molecule has 0 fully saturated rings. The van der Waals surface area contributed by atoms with E-state index in [0.717, 1.165) is 5.69 Å². The van der Waals surface area contributed by atoms with Crippen LogP contribution in [0, 0.1) is 0 Å². The lowest BCUT2D eigenvalue weighted by molar-refractivity contribution is 0.0597. The minimum absolute atomic E-state index is 0.422. The Labute approximate surface area is 96.3 Å². The molecule has 0 bridgehead atoms. The van der Waals surface area contributed by atoms with Gasteiger partial charge in [-0.25, -0.2) is 4.79 Å². The van der Waals surface area contributed by atoms with Crippen molar-refractivity contribution in [1.29, 1.82) is 0 Å². The molecule has 0 aliphatic carbocycles. The first-order valence-corrected chi connectivity index (χ1v) is 5.14. The van der Waals surface area contributed by atoms with Gasteiger partial charge in [0, 0.05) is 6.20 Å². The lowest BCUT2D eigenvalue weighted by Gasteiger charge is -2.24. The summed E-state index contributed by atoms with van der Waals surface area (Å²) in [5.41, 5.74) is 0.236. The maximum atomic E-state index is 11.8. The Morgan fingerprint density at radius 2 is 1.88 bits per heavy atom. The zero-order chi connectivity index (χ0) is 12.2. The number of amides is 1. The van der Waals surface area contributed by atoms with Crippen LogP contribution in [-0.4, -0.2) is 11.7 Å². The van der Waals surface area contributed by atoms with Crippen molar-refractivity contribution in [2.24, 2.45) is 0 Å². The third kappa shape index (κ3) is 3.42. The zero-order valence-corrected chi connectivity index (χ0v) is 9.93. The Morgan fingerprint density at radius 3 is 2.31 bits per heavy atom. The Kier molecular flexibility index (Phi) is 3.72. The van der Waals surface area contributed by atoms with Gasteiger partial charge < -0.3 is 4.74 Å². The van der Waals surface area contributed by atoms with Gasteiger partial charge in [0.15, 0.2) is 0 Å². The standard InChI is InChI=1S/C13H17NO2/c1-5-14(11-9-7-6-8-10-11)12(15)16-13(2,3)4/h5-10H,1H2,2-4H3. The number of para-hydroxylation sites is 1. The smallest absolute Gasteiger partial charge is 0.418 e. The van der Waals surface area contributed by atoms with Crippen LogP contribution in [0.25, 0.3) is 0 Å². The summed E-state index contributed by atoms with van der Waals surface area (Å²) in [5, 5.41) is 0. The van der Waals surface area contributed by atoms with Crippen molar-refractivity contribution in [3.63, 3.8) is 0 Å². The summed E-state index contributed by atoms with van der Waals surface area (Å²) in [7, 11) is 0. The van der Waals surface area contributed by atoms with Crippen LogP contribution in [-0.2, 0) is 4.74 Å². The second kappa shape index (κ2) is 4.84. The molecule has 0 saturated carbocycles. The van der Waals surface area contributed by atoms with Crippen molar-refractivity contribution < 1.29 is 9.53 Å². The number of carbonyl (C=O) groups excluding carboxylic acids is 1. The van der Waals surface area contributed by atoms with Crippen LogP contribution in [0.4, 0.5) is 10.5 Å². The highest BCUT2D eigenvalue weighted by molar-refractivity contribution is 5.89. The van der Waals surface area contributed by atoms with Crippen LogP contribution in [0.15, 0.2) is 43.1 Å². The monoisotopic (exact) mass is 219 g/mol. The Morgan fingerprint density at radius 1 is 1.31 bits per heavy atom. The molecule has 1 amide bonds. The SMILES string of the molecule is C=CN(C(=O)OC(C)(C)C)c1ccccc1. The summed E-state index contributed by atoms with van der Waals surface area (Å²) < 4.78 is 5.26. The van der Waals surface area contributed by atoms with Gasteiger partial charge >= 0.3 is 6.09 Å². The van der Waals surface area contributed by atoms with Gasteiger partial charge in [0.2, 0.25) is 0 Å². The lowest BCUT2D eigenvalue weighted by atomic mass is 10.2. The number of ether oxygens (including phenoxy) is 1. The van der Waals surface area contributed by atoms with Crippen molar-refractivity contribution in [3.05, 3.63) is 43.1 Å². The number of rotatable bonds is 2. The molecule has 1 aromatic rings. The van der Waals surface area contributed by atoms with Crippen molar-refractivity contribution in [3.8, 4) is 0 Å². The highest BCUT2D eigenvalue weighted by atomic mass is 16.6. The molecule has 0 aromatic heterocycles. The van der Waals surface area contributed by atoms with Crippen LogP contribution in [0.5, 0.6) is 0 Å². The molecule has 0 radical (unpaired) electrons. The van der Waals surface area contributed by atoms with Crippen molar-refractivity contribution in [2.45, 2.75) is 26.4 Å². The molecule has 16 heavy (non-hydrogen) atoms. The molecule has 1 rings (SSSR count). The van der Waals surface area contributed by atoms with Gasteiger partial charge in [-0.1, -0.05) is 24.8 Å². The van der Waals surface area contributed by atoms with E-state index in [1.165, 1.54) is 11.1 Å². The van der Waals surface area contributed by atoms with Gasteiger partial charge in [0.05, 0.1) is 5.69 Å².